The summed E-state index contributed by atoms with van der Waals surface area (Å²) in [4.78, 5) is 0.241. The van der Waals surface area contributed by atoms with Crippen LogP contribution >= 0.6 is 22.6 Å². The van der Waals surface area contributed by atoms with Crippen LogP contribution in [0, 0.1) is 3.57 Å². The second kappa shape index (κ2) is 8.92. The van der Waals surface area contributed by atoms with Crippen LogP contribution in [0.5, 0.6) is 0 Å². The Kier molecular flexibility index (Phi) is 7.94. The van der Waals surface area contributed by atoms with E-state index in [1.807, 2.05) is 6.07 Å². The molecule has 1 rings (SSSR count). The molecule has 0 bridgehead atoms. The van der Waals surface area contributed by atoms with Gasteiger partial charge < -0.3 is 0 Å². The van der Waals surface area contributed by atoms with E-state index in [0.29, 0.717) is 0 Å². The zero-order chi connectivity index (χ0) is 14.1. The molecule has 0 aliphatic rings. The van der Waals surface area contributed by atoms with Gasteiger partial charge in [0.2, 0.25) is 0 Å². The summed E-state index contributed by atoms with van der Waals surface area (Å²) in [5.74, 6) is 0. The molecule has 0 aromatic heterocycles. The smallest absolute Gasteiger partial charge is 0.266 e. The lowest BCUT2D eigenvalue weighted by Gasteiger charge is -2.06. The highest BCUT2D eigenvalue weighted by Gasteiger charge is 2.14. The molecule has 0 radical (unpaired) electrons. The predicted octanol–water partition coefficient (Wildman–Crippen LogP) is 4.36. The highest BCUT2D eigenvalue weighted by atomic mass is 127. The molecule has 0 aliphatic carbocycles. The van der Waals surface area contributed by atoms with Crippen LogP contribution in [-0.4, -0.2) is 15.0 Å². The van der Waals surface area contributed by atoms with E-state index >= 15 is 0 Å². The number of hydrogen-bond acceptors (Lipinski definition) is 3. The summed E-state index contributed by atoms with van der Waals surface area (Å²) in [5.41, 5.74) is 0. The van der Waals surface area contributed by atoms with E-state index < -0.39 is 10.1 Å². The molecule has 0 unspecified atom stereocenters. The van der Waals surface area contributed by atoms with Gasteiger partial charge in [0.15, 0.2) is 0 Å². The van der Waals surface area contributed by atoms with Crippen molar-refractivity contribution in [2.24, 2.45) is 0 Å². The van der Waals surface area contributed by atoms with Gasteiger partial charge in [-0.1, -0.05) is 45.1 Å². The van der Waals surface area contributed by atoms with Gasteiger partial charge >= 0.3 is 0 Å². The number of hydrogen-bond donors (Lipinski definition) is 0. The molecule has 0 fully saturated rings. The Labute approximate surface area is 130 Å². The second-order valence-corrected chi connectivity index (χ2v) is 7.36. The minimum absolute atomic E-state index is 0.241. The van der Waals surface area contributed by atoms with Crippen molar-refractivity contribution in [3.63, 3.8) is 0 Å². The van der Waals surface area contributed by atoms with Crippen molar-refractivity contribution in [3.8, 4) is 0 Å². The molecule has 108 valence electrons. The Balaban J connectivity index is 2.32. The van der Waals surface area contributed by atoms with Crippen molar-refractivity contribution in [3.05, 3.63) is 27.8 Å². The topological polar surface area (TPSA) is 43.4 Å². The van der Waals surface area contributed by atoms with Crippen molar-refractivity contribution in [1.29, 1.82) is 0 Å². The van der Waals surface area contributed by atoms with Gasteiger partial charge in [0.25, 0.3) is 10.1 Å². The fraction of sp³-hybridized carbons (Fsp3) is 0.571. The van der Waals surface area contributed by atoms with Crippen LogP contribution < -0.4 is 0 Å². The molecule has 0 amide bonds. The molecule has 0 spiro atoms. The first-order valence-electron chi connectivity index (χ1n) is 6.71. The van der Waals surface area contributed by atoms with Gasteiger partial charge in [-0.25, -0.2) is 0 Å². The average molecular weight is 396 g/mol. The first kappa shape index (κ1) is 16.9. The van der Waals surface area contributed by atoms with E-state index in [1.54, 1.807) is 18.2 Å². The van der Waals surface area contributed by atoms with Crippen LogP contribution in [0.3, 0.4) is 0 Å². The first-order chi connectivity index (χ1) is 9.06. The summed E-state index contributed by atoms with van der Waals surface area (Å²) < 4.78 is 29.7. The standard InChI is InChI=1S/C14H21IO3S/c1-2-3-4-5-6-7-11-18-19(16,17)14-10-8-9-13(15)12-14/h8-10,12H,2-7,11H2,1H3. The first-order valence-corrected chi connectivity index (χ1v) is 9.20. The third-order valence-corrected chi connectivity index (χ3v) is 4.80. The van der Waals surface area contributed by atoms with Crippen molar-refractivity contribution in [2.45, 2.75) is 50.3 Å². The molecular weight excluding hydrogens is 375 g/mol. The highest BCUT2D eigenvalue weighted by Crippen LogP contribution is 2.16. The summed E-state index contributed by atoms with van der Waals surface area (Å²) in [6.07, 6.45) is 6.68. The second-order valence-electron chi connectivity index (χ2n) is 4.50. The Morgan fingerprint density at radius 2 is 1.79 bits per heavy atom. The number of halogens is 1. The maximum Gasteiger partial charge on any atom is 0.297 e. The van der Waals surface area contributed by atoms with Gasteiger partial charge in [0, 0.05) is 3.57 Å². The van der Waals surface area contributed by atoms with Gasteiger partial charge in [-0.15, -0.1) is 0 Å². The minimum atomic E-state index is -3.58. The monoisotopic (exact) mass is 396 g/mol. The summed E-state index contributed by atoms with van der Waals surface area (Å²) >= 11 is 2.09. The third kappa shape index (κ3) is 6.72. The lowest BCUT2D eigenvalue weighted by atomic mass is 10.1. The molecule has 19 heavy (non-hydrogen) atoms. The van der Waals surface area contributed by atoms with Crippen LogP contribution in [0.1, 0.15) is 45.4 Å². The molecule has 0 heterocycles. The maximum absolute atomic E-state index is 11.9. The fourth-order valence-corrected chi connectivity index (χ4v) is 3.49. The van der Waals surface area contributed by atoms with Gasteiger partial charge in [0.05, 0.1) is 11.5 Å². The van der Waals surface area contributed by atoms with Crippen molar-refractivity contribution < 1.29 is 12.6 Å². The quantitative estimate of drug-likeness (QED) is 0.354. The minimum Gasteiger partial charge on any atom is -0.266 e. The van der Waals surface area contributed by atoms with Crippen LogP contribution in [0.15, 0.2) is 29.2 Å². The van der Waals surface area contributed by atoms with E-state index in [4.69, 9.17) is 4.18 Å². The van der Waals surface area contributed by atoms with Crippen LogP contribution in [0.4, 0.5) is 0 Å². The van der Waals surface area contributed by atoms with E-state index in [1.165, 1.54) is 19.3 Å². The van der Waals surface area contributed by atoms with Gasteiger partial charge in [-0.2, -0.15) is 8.42 Å². The third-order valence-electron chi connectivity index (χ3n) is 2.82. The van der Waals surface area contributed by atoms with Crippen LogP contribution in [0.25, 0.3) is 0 Å². The van der Waals surface area contributed by atoms with Gasteiger partial charge in [-0.3, -0.25) is 4.18 Å². The predicted molar refractivity (Wildman–Crippen MR) is 85.7 cm³/mol. The largest absolute Gasteiger partial charge is 0.297 e. The number of rotatable bonds is 9. The SMILES string of the molecule is CCCCCCCCOS(=O)(=O)c1cccc(I)c1. The van der Waals surface area contributed by atoms with E-state index in [2.05, 4.69) is 29.5 Å². The summed E-state index contributed by atoms with van der Waals surface area (Å²) in [6.45, 7) is 2.46. The van der Waals surface area contributed by atoms with Crippen LogP contribution in [-0.2, 0) is 14.3 Å². The Hall–Kier alpha value is -0.140. The molecule has 0 atom stereocenters. The van der Waals surface area contributed by atoms with E-state index in [0.717, 1.165) is 22.8 Å². The van der Waals surface area contributed by atoms with Crippen molar-refractivity contribution in [2.75, 3.05) is 6.61 Å². The zero-order valence-electron chi connectivity index (χ0n) is 11.3. The maximum atomic E-state index is 11.9. The Morgan fingerprint density at radius 1 is 1.11 bits per heavy atom. The highest BCUT2D eigenvalue weighted by molar-refractivity contribution is 14.1. The van der Waals surface area contributed by atoms with Crippen LogP contribution in [0.2, 0.25) is 0 Å². The molecule has 0 saturated heterocycles. The van der Waals surface area contributed by atoms with E-state index in [-0.39, 0.29) is 11.5 Å². The van der Waals surface area contributed by atoms with Crippen molar-refractivity contribution >= 4 is 32.7 Å². The molecule has 0 aliphatic heterocycles. The summed E-state index contributed by atoms with van der Waals surface area (Å²) in [5, 5.41) is 0. The zero-order valence-corrected chi connectivity index (χ0v) is 14.2. The summed E-state index contributed by atoms with van der Waals surface area (Å²) in [7, 11) is -3.58. The lowest BCUT2D eigenvalue weighted by molar-refractivity contribution is 0.306. The molecular formula is C14H21IO3S. The number of benzene rings is 1. The molecule has 0 saturated carbocycles. The molecule has 1 aromatic rings. The Bertz CT molecular complexity index is 471. The average Bonchev–Trinajstić information content (AvgIpc) is 2.38. The molecule has 0 N–H and O–H groups in total. The molecule has 3 nitrogen and oxygen atoms in total. The van der Waals surface area contributed by atoms with E-state index in [9.17, 15) is 8.42 Å². The number of unbranched alkanes of at least 4 members (excludes halogenated alkanes) is 5. The lowest BCUT2D eigenvalue weighted by Crippen LogP contribution is -2.07. The molecule has 1 aromatic carbocycles. The Morgan fingerprint density at radius 3 is 2.47 bits per heavy atom. The van der Waals surface area contributed by atoms with Gasteiger partial charge in [0.1, 0.15) is 0 Å². The molecule has 5 heteroatoms. The fourth-order valence-electron chi connectivity index (χ4n) is 1.74. The normalized spacial score (nSPS) is 11.7. The van der Waals surface area contributed by atoms with Gasteiger partial charge in [-0.05, 0) is 47.2 Å². The van der Waals surface area contributed by atoms with Crippen molar-refractivity contribution in [1.82, 2.24) is 0 Å². The summed E-state index contributed by atoms with van der Waals surface area (Å²) in [6, 6.07) is 6.77.